The molecule has 1 N–H and O–H groups in total. The molecule has 1 aliphatic carbocycles. The normalized spacial score (nSPS) is 16.3. The third-order valence-corrected chi connectivity index (χ3v) is 8.20. The second kappa shape index (κ2) is 11.9. The average molecular weight is 571 g/mol. The number of fused-ring (bicyclic) bond motifs is 2. The van der Waals surface area contributed by atoms with Crippen LogP contribution in [0.5, 0.6) is 0 Å². The molecule has 0 radical (unpaired) electrons. The van der Waals surface area contributed by atoms with Crippen LogP contribution >= 0.6 is 0 Å². The lowest BCUT2D eigenvalue weighted by Crippen LogP contribution is -2.46. The van der Waals surface area contributed by atoms with Crippen molar-refractivity contribution < 1.29 is 24.3 Å². The molecular weight excluding hydrogens is 532 g/mol. The second-order valence-corrected chi connectivity index (χ2v) is 12.3. The summed E-state index contributed by atoms with van der Waals surface area (Å²) in [5.41, 5.74) is 3.11. The summed E-state index contributed by atoms with van der Waals surface area (Å²) in [7, 11) is 0. The Morgan fingerprint density at radius 3 is 2.38 bits per heavy atom. The van der Waals surface area contributed by atoms with Crippen LogP contribution in [0, 0.1) is 11.3 Å². The lowest BCUT2D eigenvalue weighted by atomic mass is 9.83. The van der Waals surface area contributed by atoms with Gasteiger partial charge < -0.3 is 9.67 Å². The van der Waals surface area contributed by atoms with Crippen molar-refractivity contribution in [3.63, 3.8) is 0 Å². The number of hydrogen-bond donors (Lipinski definition) is 1. The molecule has 1 fully saturated rings. The molecule has 0 bridgehead atoms. The van der Waals surface area contributed by atoms with Gasteiger partial charge in [-0.3, -0.25) is 19.3 Å². The van der Waals surface area contributed by atoms with Crippen LogP contribution in [0.25, 0.3) is 10.9 Å². The number of rotatable bonds is 9. The number of urea groups is 1. The van der Waals surface area contributed by atoms with Crippen LogP contribution in [0.1, 0.15) is 64.0 Å². The van der Waals surface area contributed by atoms with Gasteiger partial charge in [-0.25, -0.2) is 9.80 Å². The minimum atomic E-state index is -0.948. The van der Waals surface area contributed by atoms with Crippen LogP contribution in [-0.2, 0) is 27.3 Å². The summed E-state index contributed by atoms with van der Waals surface area (Å²) >= 11 is 0. The minimum absolute atomic E-state index is 0.0559. The summed E-state index contributed by atoms with van der Waals surface area (Å²) in [6.07, 6.45) is 7.00. The first-order valence-corrected chi connectivity index (χ1v) is 14.6. The first-order valence-electron chi connectivity index (χ1n) is 14.6. The largest absolute Gasteiger partial charge is 0.480 e. The first-order chi connectivity index (χ1) is 20.0. The second-order valence-electron chi connectivity index (χ2n) is 12.3. The highest BCUT2D eigenvalue weighted by molar-refractivity contribution is 6.13. The highest BCUT2D eigenvalue weighted by atomic mass is 16.4. The molecular formula is C33H38N4O5. The summed E-state index contributed by atoms with van der Waals surface area (Å²) < 4.78 is 1.63. The Balaban J connectivity index is 1.48. The number of nitrogens with zero attached hydrogens (tertiary/aromatic N) is 4. The van der Waals surface area contributed by atoms with Crippen LogP contribution in [-0.4, -0.2) is 57.1 Å². The van der Waals surface area contributed by atoms with Gasteiger partial charge in [0.15, 0.2) is 11.6 Å². The fourth-order valence-corrected chi connectivity index (χ4v) is 5.87. The molecule has 5 rings (SSSR count). The standard InChI is InChI=1S/C33H38N4O5/c1-33(2,3)29(39)20-36-28-14-8-7-13-26(28)31(22-10-5-4-6-11-22)34-37(32(36)42)19-24(38)18-23-12-9-15-27-25(23)16-17-35(27)21-30(40)41/h7-9,12-17,22H,4-6,10-11,18-21H2,1-3H3,(H,40,41). The molecule has 1 saturated carbocycles. The molecule has 0 atom stereocenters. The van der Waals surface area contributed by atoms with Crippen molar-refractivity contribution in [2.45, 2.75) is 65.8 Å². The molecule has 42 heavy (non-hydrogen) atoms. The number of carbonyl (C=O) groups is 4. The fourth-order valence-electron chi connectivity index (χ4n) is 5.87. The zero-order valence-corrected chi connectivity index (χ0v) is 24.5. The van der Waals surface area contributed by atoms with E-state index in [4.69, 9.17) is 5.10 Å². The Kier molecular flexibility index (Phi) is 8.29. The molecule has 0 saturated heterocycles. The van der Waals surface area contributed by atoms with E-state index in [0.29, 0.717) is 5.69 Å². The van der Waals surface area contributed by atoms with Crippen LogP contribution in [0.3, 0.4) is 0 Å². The van der Waals surface area contributed by atoms with Crippen molar-refractivity contribution in [3.05, 3.63) is 65.9 Å². The SMILES string of the molecule is CC(C)(C)C(=O)CN1C(=O)N(CC(=O)Cc2cccc3c2ccn3CC(=O)O)N=C(C2CCCCC2)c2ccccc21. The van der Waals surface area contributed by atoms with E-state index < -0.39 is 17.4 Å². The van der Waals surface area contributed by atoms with E-state index in [0.717, 1.165) is 53.4 Å². The number of ketones is 2. The van der Waals surface area contributed by atoms with Crippen molar-refractivity contribution in [2.24, 2.45) is 16.4 Å². The van der Waals surface area contributed by atoms with E-state index in [1.54, 1.807) is 16.8 Å². The van der Waals surface area contributed by atoms with Crippen LogP contribution in [0.4, 0.5) is 10.5 Å². The van der Waals surface area contributed by atoms with E-state index in [2.05, 4.69) is 0 Å². The summed E-state index contributed by atoms with van der Waals surface area (Å²) in [5, 5.41) is 16.2. The van der Waals surface area contributed by atoms with Crippen LogP contribution < -0.4 is 4.90 Å². The number of amides is 2. The van der Waals surface area contributed by atoms with Crippen molar-refractivity contribution in [1.29, 1.82) is 0 Å². The van der Waals surface area contributed by atoms with Crippen molar-refractivity contribution in [1.82, 2.24) is 9.58 Å². The van der Waals surface area contributed by atoms with Crippen LogP contribution in [0.2, 0.25) is 0 Å². The van der Waals surface area contributed by atoms with Gasteiger partial charge in [0.2, 0.25) is 0 Å². The fraction of sp³-hybridized carbons (Fsp3) is 0.424. The van der Waals surface area contributed by atoms with Gasteiger partial charge in [0.05, 0.1) is 17.9 Å². The van der Waals surface area contributed by atoms with Gasteiger partial charge in [-0.05, 0) is 36.6 Å². The molecule has 220 valence electrons. The molecule has 2 heterocycles. The summed E-state index contributed by atoms with van der Waals surface area (Å²) in [6.45, 7) is 4.96. The number of aromatic nitrogens is 1. The Hall–Kier alpha value is -4.27. The third kappa shape index (κ3) is 6.15. The van der Waals surface area contributed by atoms with Gasteiger partial charge >= 0.3 is 12.0 Å². The number of benzene rings is 2. The third-order valence-electron chi connectivity index (χ3n) is 8.20. The molecule has 1 aromatic heterocycles. The van der Waals surface area contributed by atoms with E-state index in [-0.39, 0.29) is 43.5 Å². The number of carboxylic acid groups (broad SMARTS) is 1. The maximum atomic E-state index is 14.1. The topological polar surface area (TPSA) is 112 Å². The van der Waals surface area contributed by atoms with E-state index in [9.17, 15) is 24.3 Å². The zero-order chi connectivity index (χ0) is 30.0. The van der Waals surface area contributed by atoms with Gasteiger partial charge in [-0.1, -0.05) is 70.4 Å². The molecule has 0 spiro atoms. The number of carboxylic acids is 1. The molecule has 9 heteroatoms. The molecule has 2 amide bonds. The number of anilines is 1. The Morgan fingerprint density at radius 2 is 1.67 bits per heavy atom. The molecule has 9 nitrogen and oxygen atoms in total. The van der Waals surface area contributed by atoms with E-state index in [1.165, 1.54) is 16.3 Å². The quantitative estimate of drug-likeness (QED) is 0.356. The maximum Gasteiger partial charge on any atom is 0.345 e. The average Bonchev–Trinajstić information content (AvgIpc) is 3.32. The molecule has 2 aliphatic rings. The highest BCUT2D eigenvalue weighted by Crippen LogP contribution is 2.34. The van der Waals surface area contributed by atoms with Gasteiger partial charge in [0, 0.05) is 40.4 Å². The Labute approximate surface area is 245 Å². The monoisotopic (exact) mass is 570 g/mol. The minimum Gasteiger partial charge on any atom is -0.480 e. The van der Waals surface area contributed by atoms with Gasteiger partial charge in [0.25, 0.3) is 0 Å². The van der Waals surface area contributed by atoms with Gasteiger partial charge in [-0.15, -0.1) is 0 Å². The van der Waals surface area contributed by atoms with Crippen molar-refractivity contribution in [2.75, 3.05) is 18.0 Å². The summed E-state index contributed by atoms with van der Waals surface area (Å²) in [4.78, 5) is 53.6. The number of hydrogen-bond acceptors (Lipinski definition) is 5. The Bertz CT molecular complexity index is 1560. The smallest absolute Gasteiger partial charge is 0.345 e. The number of aliphatic carboxylic acids is 1. The maximum absolute atomic E-state index is 14.1. The number of hydrazone groups is 1. The van der Waals surface area contributed by atoms with E-state index in [1.807, 2.05) is 63.2 Å². The predicted molar refractivity (Wildman–Crippen MR) is 162 cm³/mol. The van der Waals surface area contributed by atoms with E-state index >= 15 is 0 Å². The molecule has 2 aromatic carbocycles. The predicted octanol–water partition coefficient (Wildman–Crippen LogP) is 5.68. The summed E-state index contributed by atoms with van der Waals surface area (Å²) in [6, 6.07) is 14.4. The number of carbonyl (C=O) groups excluding carboxylic acids is 3. The lowest BCUT2D eigenvalue weighted by molar-refractivity contribution is -0.137. The zero-order valence-electron chi connectivity index (χ0n) is 24.5. The molecule has 1 aliphatic heterocycles. The number of Topliss-reactive ketones (excluding diaryl/α,β-unsaturated/α-hetero) is 2. The Morgan fingerprint density at radius 1 is 0.929 bits per heavy atom. The molecule has 3 aromatic rings. The molecule has 0 unspecified atom stereocenters. The van der Waals surface area contributed by atoms with Crippen molar-refractivity contribution >= 4 is 45.9 Å². The first kappa shape index (κ1) is 29.2. The van der Waals surface area contributed by atoms with Gasteiger partial charge in [-0.2, -0.15) is 5.10 Å². The lowest BCUT2D eigenvalue weighted by Gasteiger charge is -2.28. The van der Waals surface area contributed by atoms with Gasteiger partial charge in [0.1, 0.15) is 13.1 Å². The van der Waals surface area contributed by atoms with Crippen molar-refractivity contribution in [3.8, 4) is 0 Å². The number of para-hydroxylation sites is 1. The summed E-state index contributed by atoms with van der Waals surface area (Å²) in [5.74, 6) is -1.08. The highest BCUT2D eigenvalue weighted by Gasteiger charge is 2.36. The van der Waals surface area contributed by atoms with Crippen LogP contribution in [0.15, 0.2) is 59.8 Å².